The highest BCUT2D eigenvalue weighted by Gasteiger charge is 2.32. The average Bonchev–Trinajstić information content (AvgIpc) is 3.06. The minimum atomic E-state index is -0.00688. The van der Waals surface area contributed by atoms with E-state index >= 15 is 0 Å². The summed E-state index contributed by atoms with van der Waals surface area (Å²) in [5.41, 5.74) is 1.07. The van der Waals surface area contributed by atoms with Gasteiger partial charge >= 0.3 is 0 Å². The Hall–Kier alpha value is -1.40. The van der Waals surface area contributed by atoms with Crippen molar-refractivity contribution in [1.82, 2.24) is 15.1 Å². The summed E-state index contributed by atoms with van der Waals surface area (Å²) in [6.07, 6.45) is 9.20. The maximum Gasteiger partial charge on any atom is 0.246 e. The SMILES string of the molecule is CC1CCC(C(C)C)C(OCC(=O)NC2CCOC(c3cnn(C)c3)C2)C1. The molecule has 1 aromatic rings. The number of nitrogens with one attached hydrogen (secondary N) is 1. The second-order valence-corrected chi connectivity index (χ2v) is 8.77. The van der Waals surface area contributed by atoms with Crippen molar-refractivity contribution in [3.8, 4) is 0 Å². The maximum absolute atomic E-state index is 12.5. The van der Waals surface area contributed by atoms with Gasteiger partial charge in [0.2, 0.25) is 5.91 Å². The summed E-state index contributed by atoms with van der Waals surface area (Å²) in [6, 6.07) is 0.131. The van der Waals surface area contributed by atoms with E-state index in [0.717, 1.165) is 24.8 Å². The predicted octanol–water partition coefficient (Wildman–Crippen LogP) is 3.23. The quantitative estimate of drug-likeness (QED) is 0.827. The van der Waals surface area contributed by atoms with Crippen LogP contribution in [0, 0.1) is 17.8 Å². The molecule has 6 nitrogen and oxygen atoms in total. The number of hydrogen-bond donors (Lipinski definition) is 1. The van der Waals surface area contributed by atoms with Crippen LogP contribution in [0.4, 0.5) is 0 Å². The molecule has 2 aliphatic rings. The van der Waals surface area contributed by atoms with Crippen molar-refractivity contribution in [2.75, 3.05) is 13.2 Å². The third kappa shape index (κ3) is 5.55. The van der Waals surface area contributed by atoms with E-state index in [2.05, 4.69) is 31.2 Å². The highest BCUT2D eigenvalue weighted by atomic mass is 16.5. The lowest BCUT2D eigenvalue weighted by Crippen LogP contribution is -2.43. The van der Waals surface area contributed by atoms with E-state index in [4.69, 9.17) is 9.47 Å². The molecule has 0 bridgehead atoms. The van der Waals surface area contributed by atoms with E-state index in [-0.39, 0.29) is 30.8 Å². The Kier molecular flexibility index (Phi) is 6.93. The van der Waals surface area contributed by atoms with Gasteiger partial charge in [-0.1, -0.05) is 27.2 Å². The molecule has 0 spiro atoms. The number of amides is 1. The van der Waals surface area contributed by atoms with Gasteiger partial charge in [0, 0.05) is 31.5 Å². The third-order valence-corrected chi connectivity index (χ3v) is 6.14. The number of nitrogens with zero attached hydrogens (tertiary/aromatic N) is 2. The minimum absolute atomic E-state index is 0.00295. The topological polar surface area (TPSA) is 65.4 Å². The Morgan fingerprint density at radius 2 is 2.19 bits per heavy atom. The molecular weight excluding hydrogens is 342 g/mol. The van der Waals surface area contributed by atoms with Crippen molar-refractivity contribution in [3.63, 3.8) is 0 Å². The molecule has 27 heavy (non-hydrogen) atoms. The van der Waals surface area contributed by atoms with Crippen LogP contribution in [0.2, 0.25) is 0 Å². The fourth-order valence-corrected chi connectivity index (χ4v) is 4.53. The monoisotopic (exact) mass is 377 g/mol. The van der Waals surface area contributed by atoms with Crippen LogP contribution < -0.4 is 5.32 Å². The zero-order chi connectivity index (χ0) is 19.4. The van der Waals surface area contributed by atoms with Crippen LogP contribution >= 0.6 is 0 Å². The lowest BCUT2D eigenvalue weighted by Gasteiger charge is -2.37. The molecule has 1 saturated carbocycles. The number of carbonyl (C=O) groups is 1. The minimum Gasteiger partial charge on any atom is -0.373 e. The molecule has 0 aromatic carbocycles. The molecule has 2 heterocycles. The van der Waals surface area contributed by atoms with Gasteiger partial charge in [0.25, 0.3) is 0 Å². The fourth-order valence-electron chi connectivity index (χ4n) is 4.53. The standard InChI is InChI=1S/C21H35N3O3/c1-14(2)18-6-5-15(3)9-20(18)27-13-21(25)23-17-7-8-26-19(10-17)16-11-22-24(4)12-16/h11-12,14-15,17-20H,5-10,13H2,1-4H3,(H,23,25). The number of rotatable bonds is 6. The number of aromatic nitrogens is 2. The normalized spacial score (nSPS) is 31.8. The van der Waals surface area contributed by atoms with E-state index in [9.17, 15) is 4.79 Å². The fraction of sp³-hybridized carbons (Fsp3) is 0.810. The first-order valence-corrected chi connectivity index (χ1v) is 10.4. The van der Waals surface area contributed by atoms with E-state index in [0.29, 0.717) is 24.4 Å². The van der Waals surface area contributed by atoms with Gasteiger partial charge in [-0.15, -0.1) is 0 Å². The van der Waals surface area contributed by atoms with Crippen molar-refractivity contribution >= 4 is 5.91 Å². The third-order valence-electron chi connectivity index (χ3n) is 6.14. The molecule has 0 radical (unpaired) electrons. The summed E-state index contributed by atoms with van der Waals surface area (Å²) in [6.45, 7) is 7.62. The van der Waals surface area contributed by atoms with Gasteiger partial charge in [0.1, 0.15) is 6.61 Å². The molecule has 1 saturated heterocycles. The lowest BCUT2D eigenvalue weighted by atomic mass is 9.75. The van der Waals surface area contributed by atoms with Crippen LogP contribution in [0.1, 0.15) is 64.5 Å². The molecule has 5 atom stereocenters. The van der Waals surface area contributed by atoms with Crippen LogP contribution in [0.25, 0.3) is 0 Å². The number of hydrogen-bond acceptors (Lipinski definition) is 4. The molecule has 6 heteroatoms. The molecule has 5 unspecified atom stereocenters. The van der Waals surface area contributed by atoms with Gasteiger partial charge in [-0.05, 0) is 43.4 Å². The summed E-state index contributed by atoms with van der Waals surface area (Å²) < 4.78 is 13.7. The first-order chi connectivity index (χ1) is 12.9. The summed E-state index contributed by atoms with van der Waals surface area (Å²) >= 11 is 0. The second kappa shape index (κ2) is 9.20. The van der Waals surface area contributed by atoms with Gasteiger partial charge in [0.05, 0.1) is 18.4 Å². The van der Waals surface area contributed by atoms with Crippen molar-refractivity contribution < 1.29 is 14.3 Å². The Morgan fingerprint density at radius 3 is 2.89 bits per heavy atom. The van der Waals surface area contributed by atoms with Gasteiger partial charge in [-0.25, -0.2) is 0 Å². The summed E-state index contributed by atoms with van der Waals surface area (Å²) in [4.78, 5) is 12.5. The van der Waals surface area contributed by atoms with Gasteiger partial charge < -0.3 is 14.8 Å². The first kappa shape index (κ1) is 20.3. The molecule has 3 rings (SSSR count). The smallest absolute Gasteiger partial charge is 0.246 e. The highest BCUT2D eigenvalue weighted by Crippen LogP contribution is 2.35. The van der Waals surface area contributed by atoms with E-state index < -0.39 is 0 Å². The molecule has 152 valence electrons. The maximum atomic E-state index is 12.5. The van der Waals surface area contributed by atoms with Crippen LogP contribution in [0.15, 0.2) is 12.4 Å². The predicted molar refractivity (Wildman–Crippen MR) is 104 cm³/mol. The van der Waals surface area contributed by atoms with Crippen molar-refractivity contribution in [1.29, 1.82) is 0 Å². The highest BCUT2D eigenvalue weighted by molar-refractivity contribution is 5.77. The van der Waals surface area contributed by atoms with Crippen molar-refractivity contribution in [2.45, 2.75) is 71.1 Å². The average molecular weight is 378 g/mol. The Balaban J connectivity index is 1.47. The zero-order valence-corrected chi connectivity index (χ0v) is 17.2. The van der Waals surface area contributed by atoms with E-state index in [1.54, 1.807) is 4.68 Å². The molecule has 1 aliphatic carbocycles. The van der Waals surface area contributed by atoms with E-state index in [1.807, 2.05) is 19.4 Å². The number of aryl methyl sites for hydroxylation is 1. The molecule has 1 N–H and O–H groups in total. The number of ether oxygens (including phenoxy) is 2. The Labute approximate surface area is 163 Å². The number of carbonyl (C=O) groups excluding carboxylic acids is 1. The van der Waals surface area contributed by atoms with Gasteiger partial charge in [-0.2, -0.15) is 5.10 Å². The Bertz CT molecular complexity index is 616. The lowest BCUT2D eigenvalue weighted by molar-refractivity contribution is -0.133. The summed E-state index contributed by atoms with van der Waals surface area (Å²) in [5, 5.41) is 7.36. The van der Waals surface area contributed by atoms with Gasteiger partial charge in [0.15, 0.2) is 0 Å². The van der Waals surface area contributed by atoms with Crippen LogP contribution in [0.5, 0.6) is 0 Å². The molecule has 1 aliphatic heterocycles. The second-order valence-electron chi connectivity index (χ2n) is 8.77. The first-order valence-electron chi connectivity index (χ1n) is 10.4. The summed E-state index contributed by atoms with van der Waals surface area (Å²) in [7, 11) is 1.90. The molecule has 1 aromatic heterocycles. The Morgan fingerprint density at radius 1 is 1.37 bits per heavy atom. The van der Waals surface area contributed by atoms with Gasteiger partial charge in [-0.3, -0.25) is 9.48 Å². The van der Waals surface area contributed by atoms with Crippen LogP contribution in [-0.4, -0.2) is 41.0 Å². The largest absolute Gasteiger partial charge is 0.373 e. The zero-order valence-electron chi connectivity index (χ0n) is 17.2. The van der Waals surface area contributed by atoms with Crippen LogP contribution in [-0.2, 0) is 21.3 Å². The van der Waals surface area contributed by atoms with E-state index in [1.165, 1.54) is 12.8 Å². The molecule has 1 amide bonds. The molecular formula is C21H35N3O3. The van der Waals surface area contributed by atoms with Crippen molar-refractivity contribution in [3.05, 3.63) is 18.0 Å². The van der Waals surface area contributed by atoms with Crippen LogP contribution in [0.3, 0.4) is 0 Å². The summed E-state index contributed by atoms with van der Waals surface area (Å²) in [5.74, 6) is 1.84. The molecule has 2 fully saturated rings. The van der Waals surface area contributed by atoms with Crippen molar-refractivity contribution in [2.24, 2.45) is 24.8 Å².